The fourth-order valence-electron chi connectivity index (χ4n) is 6.24. The molecule has 1 aromatic heterocycles. The molecule has 3 aromatic carbocycles. The molecule has 2 N–H and O–H groups in total. The summed E-state index contributed by atoms with van der Waals surface area (Å²) in [5.41, 5.74) is 3.48. The minimum absolute atomic E-state index is 0.0676. The van der Waals surface area contributed by atoms with E-state index >= 15 is 0 Å². The quantitative estimate of drug-likeness (QED) is 0.274. The maximum Gasteiger partial charge on any atom is 0.238 e. The molecule has 9 heteroatoms. The molecule has 206 valence electrons. The molecule has 0 aliphatic carbocycles. The van der Waals surface area contributed by atoms with Crippen LogP contribution in [0.1, 0.15) is 52.0 Å². The maximum absolute atomic E-state index is 14.4. The van der Waals surface area contributed by atoms with Crippen LogP contribution in [-0.2, 0) is 22.1 Å². The summed E-state index contributed by atoms with van der Waals surface area (Å²) in [4.78, 5) is 27.9. The lowest BCUT2D eigenvalue weighted by Gasteiger charge is -2.46. The predicted molar refractivity (Wildman–Crippen MR) is 159 cm³/mol. The monoisotopic (exact) mass is 584 g/mol. The lowest BCUT2D eigenvalue weighted by atomic mass is 9.59. The van der Waals surface area contributed by atoms with Crippen LogP contribution in [-0.4, -0.2) is 21.6 Å². The number of ether oxygens (including phenoxy) is 1. The number of aromatic nitrogens is 2. The number of rotatable bonds is 4. The topological polar surface area (TPSA) is 85.2 Å². The molecule has 3 heterocycles. The number of carbonyl (C=O) groups excluding carboxylic acids is 2. The number of terminal acetylenes is 1. The van der Waals surface area contributed by atoms with Crippen molar-refractivity contribution in [1.29, 1.82) is 0 Å². The third-order valence-corrected chi connectivity index (χ3v) is 8.61. The van der Waals surface area contributed by atoms with E-state index in [1.54, 1.807) is 41.1 Å². The number of carbonyl (C=O) groups is 2. The number of piperidine rings is 1. The van der Waals surface area contributed by atoms with Gasteiger partial charge >= 0.3 is 0 Å². The van der Waals surface area contributed by atoms with Gasteiger partial charge in [0, 0.05) is 46.2 Å². The molecule has 0 radical (unpaired) electrons. The van der Waals surface area contributed by atoms with Crippen molar-refractivity contribution in [2.24, 2.45) is 7.05 Å². The number of fused-ring (bicyclic) bond motifs is 2. The van der Waals surface area contributed by atoms with Gasteiger partial charge in [0.05, 0.1) is 11.7 Å². The molecule has 2 aliphatic heterocycles. The Hall–Kier alpha value is -4.25. The Bertz CT molecular complexity index is 1790. The normalized spacial score (nSPS) is 21.3. The van der Waals surface area contributed by atoms with Crippen molar-refractivity contribution < 1.29 is 14.3 Å². The average molecular weight is 585 g/mol. The smallest absolute Gasteiger partial charge is 0.238 e. The van der Waals surface area contributed by atoms with Crippen LogP contribution in [0.5, 0.6) is 11.5 Å². The fourth-order valence-corrected chi connectivity index (χ4v) is 6.61. The first kappa shape index (κ1) is 26.9. The van der Waals surface area contributed by atoms with Gasteiger partial charge in [0.25, 0.3) is 0 Å². The first-order valence-electron chi connectivity index (χ1n) is 13.1. The number of nitrogens with one attached hydrogen (secondary N) is 2. The van der Waals surface area contributed by atoms with Gasteiger partial charge in [-0.25, -0.2) is 0 Å². The SMILES string of the molecule is C#Cc1ccc(Oc2c(C)nn(C)c2C)c([C@H]2NC(=O)C[C@@H](c3cccc(Cl)c3)C23C(=O)Nc2cc(Cl)ccc23)c1. The van der Waals surface area contributed by atoms with Crippen LogP contribution < -0.4 is 15.4 Å². The van der Waals surface area contributed by atoms with Crippen LogP contribution in [0.15, 0.2) is 60.7 Å². The van der Waals surface area contributed by atoms with E-state index in [1.165, 1.54) is 0 Å². The number of aryl methyl sites for hydroxylation is 2. The van der Waals surface area contributed by atoms with Crippen LogP contribution in [0.25, 0.3) is 0 Å². The van der Waals surface area contributed by atoms with E-state index in [0.29, 0.717) is 49.6 Å². The molecule has 1 spiro atoms. The van der Waals surface area contributed by atoms with Crippen LogP contribution >= 0.6 is 23.2 Å². The summed E-state index contributed by atoms with van der Waals surface area (Å²) in [7, 11) is 1.84. The van der Waals surface area contributed by atoms with E-state index in [0.717, 1.165) is 11.3 Å². The van der Waals surface area contributed by atoms with Crippen LogP contribution in [0, 0.1) is 26.2 Å². The van der Waals surface area contributed by atoms with E-state index in [2.05, 4.69) is 21.7 Å². The van der Waals surface area contributed by atoms with Gasteiger partial charge in [-0.2, -0.15) is 5.10 Å². The highest BCUT2D eigenvalue weighted by atomic mass is 35.5. The molecule has 2 amide bonds. The van der Waals surface area contributed by atoms with E-state index in [9.17, 15) is 9.59 Å². The first-order valence-corrected chi connectivity index (χ1v) is 13.8. The zero-order valence-electron chi connectivity index (χ0n) is 22.6. The Morgan fingerprint density at radius 1 is 1.07 bits per heavy atom. The highest BCUT2D eigenvalue weighted by Crippen LogP contribution is 2.58. The summed E-state index contributed by atoms with van der Waals surface area (Å²) in [5, 5.41) is 11.7. The number of amides is 2. The third-order valence-electron chi connectivity index (χ3n) is 8.14. The van der Waals surface area contributed by atoms with Crippen molar-refractivity contribution in [1.82, 2.24) is 15.1 Å². The van der Waals surface area contributed by atoms with E-state index in [4.69, 9.17) is 34.4 Å². The zero-order valence-corrected chi connectivity index (χ0v) is 24.1. The molecule has 41 heavy (non-hydrogen) atoms. The number of benzene rings is 3. The Balaban J connectivity index is 1.63. The molecule has 1 unspecified atom stereocenters. The molecule has 3 atom stereocenters. The first-order chi connectivity index (χ1) is 19.6. The van der Waals surface area contributed by atoms with Gasteiger partial charge in [-0.15, -0.1) is 6.42 Å². The zero-order chi connectivity index (χ0) is 29.1. The number of anilines is 1. The van der Waals surface area contributed by atoms with Gasteiger partial charge < -0.3 is 15.4 Å². The van der Waals surface area contributed by atoms with Crippen molar-refractivity contribution in [3.05, 3.63) is 104 Å². The van der Waals surface area contributed by atoms with Gasteiger partial charge in [0.2, 0.25) is 11.8 Å². The highest BCUT2D eigenvalue weighted by Gasteiger charge is 2.61. The molecule has 4 aromatic rings. The lowest BCUT2D eigenvalue weighted by Crippen LogP contribution is -2.56. The summed E-state index contributed by atoms with van der Waals surface area (Å²) in [6, 6.07) is 17.1. The van der Waals surface area contributed by atoms with Crippen molar-refractivity contribution in [3.63, 3.8) is 0 Å². The molecule has 6 rings (SSSR count). The number of halogens is 2. The molecule has 1 saturated heterocycles. The summed E-state index contributed by atoms with van der Waals surface area (Å²) < 4.78 is 8.25. The fraction of sp³-hybridized carbons (Fsp3) is 0.219. The second-order valence-electron chi connectivity index (χ2n) is 10.4. The van der Waals surface area contributed by atoms with Crippen LogP contribution in [0.2, 0.25) is 10.0 Å². The van der Waals surface area contributed by atoms with Gasteiger partial charge in [-0.1, -0.05) is 47.3 Å². The molecule has 0 saturated carbocycles. The van der Waals surface area contributed by atoms with E-state index < -0.39 is 17.4 Å². The van der Waals surface area contributed by atoms with Gasteiger partial charge in [-0.3, -0.25) is 14.3 Å². The number of hydrogen-bond acceptors (Lipinski definition) is 4. The largest absolute Gasteiger partial charge is 0.453 e. The van der Waals surface area contributed by atoms with Crippen LogP contribution in [0.4, 0.5) is 5.69 Å². The Morgan fingerprint density at radius 2 is 1.85 bits per heavy atom. The minimum atomic E-state index is -1.27. The predicted octanol–water partition coefficient (Wildman–Crippen LogP) is 6.35. The minimum Gasteiger partial charge on any atom is -0.453 e. The number of hydrogen-bond donors (Lipinski definition) is 2. The molecule has 0 bridgehead atoms. The third kappa shape index (κ3) is 4.26. The standard InChI is InChI=1S/C32H26Cl2N4O3/c1-5-19-9-12-27(41-29-17(2)37-38(4)18(29)3)23(13-19)30-32(24-11-10-22(34)15-26(24)35-31(32)40)25(16-28(39)36-30)20-7-6-8-21(33)14-20/h1,6-15,25,30H,16H2,2-4H3,(H,35,40)(H,36,39)/t25-,30+,32?/m0/s1. The lowest BCUT2D eigenvalue weighted by molar-refractivity contribution is -0.131. The van der Waals surface area contributed by atoms with Crippen molar-refractivity contribution in [3.8, 4) is 23.8 Å². The Labute approximate surface area is 247 Å². The molecule has 1 fully saturated rings. The highest BCUT2D eigenvalue weighted by molar-refractivity contribution is 6.31. The Kier molecular flexibility index (Phi) is 6.56. The van der Waals surface area contributed by atoms with E-state index in [-0.39, 0.29) is 18.2 Å². The summed E-state index contributed by atoms with van der Waals surface area (Å²) >= 11 is 12.8. The molecule has 2 aliphatic rings. The molecular formula is C32H26Cl2N4O3. The second kappa shape index (κ2) is 9.99. The average Bonchev–Trinajstić information content (AvgIpc) is 3.36. The summed E-state index contributed by atoms with van der Waals surface area (Å²) in [5.74, 6) is 2.68. The van der Waals surface area contributed by atoms with Crippen molar-refractivity contribution >= 4 is 40.7 Å². The summed E-state index contributed by atoms with van der Waals surface area (Å²) in [6.45, 7) is 3.77. The van der Waals surface area contributed by atoms with Crippen LogP contribution in [0.3, 0.4) is 0 Å². The van der Waals surface area contributed by atoms with Gasteiger partial charge in [-0.05, 0) is 67.4 Å². The summed E-state index contributed by atoms with van der Waals surface area (Å²) in [6.07, 6.45) is 5.90. The van der Waals surface area contributed by atoms with Gasteiger partial charge in [0.15, 0.2) is 5.75 Å². The van der Waals surface area contributed by atoms with E-state index in [1.807, 2.05) is 45.2 Å². The van der Waals surface area contributed by atoms with Gasteiger partial charge in [0.1, 0.15) is 16.9 Å². The number of nitrogens with zero attached hydrogens (tertiary/aromatic N) is 2. The maximum atomic E-state index is 14.4. The molecule has 7 nitrogen and oxygen atoms in total. The second-order valence-corrected chi connectivity index (χ2v) is 11.3. The Morgan fingerprint density at radius 3 is 2.56 bits per heavy atom. The van der Waals surface area contributed by atoms with Crippen molar-refractivity contribution in [2.45, 2.75) is 37.6 Å². The van der Waals surface area contributed by atoms with Crippen molar-refractivity contribution in [2.75, 3.05) is 5.32 Å². The molecular weight excluding hydrogens is 559 g/mol.